The predicted octanol–water partition coefficient (Wildman–Crippen LogP) is 12.3. The molecule has 8 atom stereocenters. The monoisotopic (exact) mass is 948 g/mol. The molecule has 8 unspecified atom stereocenters. The fourth-order valence-electron chi connectivity index (χ4n) is 8.66. The molecule has 1 saturated heterocycles. The van der Waals surface area contributed by atoms with E-state index in [0.29, 0.717) is 19.3 Å². The molecule has 67 heavy (non-hydrogen) atoms. The summed E-state index contributed by atoms with van der Waals surface area (Å²) < 4.78 is 11.1. The number of carbonyl (C=O) groups excluding carboxylic acids is 1. The van der Waals surface area contributed by atoms with Gasteiger partial charge in [0.1, 0.15) is 30.5 Å². The van der Waals surface area contributed by atoms with E-state index in [-0.39, 0.29) is 6.61 Å². The third kappa shape index (κ3) is 35.8. The van der Waals surface area contributed by atoms with Gasteiger partial charge in [-0.25, -0.2) is 0 Å². The van der Waals surface area contributed by atoms with Crippen molar-refractivity contribution in [2.45, 2.75) is 294 Å². The molecule has 0 spiro atoms. The van der Waals surface area contributed by atoms with Gasteiger partial charge in [-0.05, 0) is 70.6 Å². The van der Waals surface area contributed by atoms with Crippen LogP contribution in [0.25, 0.3) is 0 Å². The van der Waals surface area contributed by atoms with Crippen molar-refractivity contribution in [3.05, 3.63) is 48.6 Å². The fourth-order valence-corrected chi connectivity index (χ4v) is 8.66. The topological polar surface area (TPSA) is 169 Å². The van der Waals surface area contributed by atoms with Crippen molar-refractivity contribution >= 4 is 5.91 Å². The number of allylic oxidation sites excluding steroid dienone is 7. The highest BCUT2D eigenvalue weighted by molar-refractivity contribution is 5.80. The van der Waals surface area contributed by atoms with E-state index < -0.39 is 61.5 Å². The molecule has 1 aliphatic rings. The summed E-state index contributed by atoms with van der Waals surface area (Å²) in [7, 11) is 0. The van der Waals surface area contributed by atoms with Crippen molar-refractivity contribution in [2.75, 3.05) is 13.2 Å². The maximum absolute atomic E-state index is 13.1. The average Bonchev–Trinajstić information content (AvgIpc) is 3.33. The normalized spacial score (nSPS) is 20.5. The lowest BCUT2D eigenvalue weighted by molar-refractivity contribution is -0.302. The van der Waals surface area contributed by atoms with E-state index in [1.165, 1.54) is 167 Å². The summed E-state index contributed by atoms with van der Waals surface area (Å²) in [6, 6.07) is -1.00. The van der Waals surface area contributed by atoms with E-state index in [1.54, 1.807) is 6.08 Å². The SMILES string of the molecule is CCCCC/C=C/CC/C=C/CC/C=C/C(O)C(COC1OC(CO)C(O)C(O)C1O)NC(=O)C(O)CCCCCCCCCCCCCCC/C=C\CCCCCCCCCCCCCC. The molecule has 7 N–H and O–H groups in total. The zero-order valence-electron chi connectivity index (χ0n) is 43.0. The summed E-state index contributed by atoms with van der Waals surface area (Å²) in [5, 5.41) is 64.8. The Bertz CT molecular complexity index is 1210. The Hall–Kier alpha value is -1.89. The lowest BCUT2D eigenvalue weighted by atomic mass is 9.99. The summed E-state index contributed by atoms with van der Waals surface area (Å²) >= 11 is 0. The molecule has 10 nitrogen and oxygen atoms in total. The first-order valence-corrected chi connectivity index (χ1v) is 28.0. The van der Waals surface area contributed by atoms with Gasteiger partial charge in [-0.2, -0.15) is 0 Å². The number of ether oxygens (including phenoxy) is 2. The van der Waals surface area contributed by atoms with Crippen LogP contribution in [0.3, 0.4) is 0 Å². The van der Waals surface area contributed by atoms with Gasteiger partial charge in [0.05, 0.1) is 25.4 Å². The summed E-state index contributed by atoms with van der Waals surface area (Å²) in [6.45, 7) is 3.57. The Labute approximate surface area is 410 Å². The van der Waals surface area contributed by atoms with E-state index in [9.17, 15) is 35.4 Å². The van der Waals surface area contributed by atoms with Crippen LogP contribution >= 0.6 is 0 Å². The van der Waals surface area contributed by atoms with E-state index in [2.05, 4.69) is 55.6 Å². The lowest BCUT2D eigenvalue weighted by Gasteiger charge is -2.40. The molecule has 0 radical (unpaired) electrons. The van der Waals surface area contributed by atoms with Gasteiger partial charge in [-0.1, -0.05) is 223 Å². The molecular weight excluding hydrogens is 843 g/mol. The summed E-state index contributed by atoms with van der Waals surface area (Å²) in [6.07, 6.45) is 50.9. The standard InChI is InChI=1S/C57H105NO9/c1-3-5-7-9-11-13-15-17-18-19-20-21-22-23-24-25-26-27-28-29-30-31-32-34-36-38-40-42-44-46-51(61)56(65)58-49(48-66-57-55(64)54(63)53(62)52(47-59)67-57)50(60)45-43-41-39-37-35-33-16-14-12-10-8-6-4-2/h12,14,23-24,35,37,43,45,49-55,57,59-64H,3-11,13,15-22,25-34,36,38-42,44,46-48H2,1-2H3,(H,58,65)/b14-12+,24-23-,37-35+,45-43+. The second-order valence-corrected chi connectivity index (χ2v) is 19.5. The second kappa shape index (κ2) is 46.5. The number of amides is 1. The van der Waals surface area contributed by atoms with Crippen LogP contribution in [-0.4, -0.2) is 98.7 Å². The molecule has 1 heterocycles. The third-order valence-electron chi connectivity index (χ3n) is 13.2. The van der Waals surface area contributed by atoms with Crippen molar-refractivity contribution in [1.82, 2.24) is 5.32 Å². The third-order valence-corrected chi connectivity index (χ3v) is 13.2. The molecular formula is C57H105NO9. The van der Waals surface area contributed by atoms with Gasteiger partial charge in [0.2, 0.25) is 5.91 Å². The number of nitrogens with one attached hydrogen (secondary N) is 1. The minimum atomic E-state index is -1.62. The Morgan fingerprint density at radius 1 is 0.507 bits per heavy atom. The Kier molecular flexibility index (Phi) is 43.8. The molecule has 1 aliphatic heterocycles. The molecule has 1 rings (SSSR count). The number of rotatable bonds is 47. The minimum absolute atomic E-state index is 0.300. The Balaban J connectivity index is 2.22. The molecule has 0 aliphatic carbocycles. The van der Waals surface area contributed by atoms with Gasteiger partial charge in [0.15, 0.2) is 6.29 Å². The molecule has 10 heteroatoms. The maximum atomic E-state index is 13.1. The molecule has 0 bridgehead atoms. The van der Waals surface area contributed by atoms with Gasteiger partial charge in [0.25, 0.3) is 0 Å². The molecule has 1 amide bonds. The first-order chi connectivity index (χ1) is 32.8. The van der Waals surface area contributed by atoms with E-state index in [1.807, 2.05) is 6.08 Å². The van der Waals surface area contributed by atoms with Crippen LogP contribution < -0.4 is 5.32 Å². The van der Waals surface area contributed by atoms with Crippen LogP contribution in [0, 0.1) is 0 Å². The minimum Gasteiger partial charge on any atom is -0.394 e. The van der Waals surface area contributed by atoms with Crippen molar-refractivity contribution in [1.29, 1.82) is 0 Å². The molecule has 0 saturated carbocycles. The number of aliphatic hydroxyl groups excluding tert-OH is 6. The van der Waals surface area contributed by atoms with Crippen molar-refractivity contribution in [3.63, 3.8) is 0 Å². The maximum Gasteiger partial charge on any atom is 0.249 e. The Morgan fingerprint density at radius 3 is 1.33 bits per heavy atom. The van der Waals surface area contributed by atoms with E-state index >= 15 is 0 Å². The van der Waals surface area contributed by atoms with Gasteiger partial charge in [-0.15, -0.1) is 0 Å². The van der Waals surface area contributed by atoms with E-state index in [0.717, 1.165) is 44.9 Å². The van der Waals surface area contributed by atoms with Gasteiger partial charge >= 0.3 is 0 Å². The highest BCUT2D eigenvalue weighted by Crippen LogP contribution is 2.23. The number of aliphatic hydroxyl groups is 6. The van der Waals surface area contributed by atoms with E-state index in [4.69, 9.17) is 9.47 Å². The van der Waals surface area contributed by atoms with Crippen LogP contribution in [0.5, 0.6) is 0 Å². The number of unbranched alkanes of at least 4 members (excludes halogenated alkanes) is 30. The Morgan fingerprint density at radius 2 is 0.881 bits per heavy atom. The lowest BCUT2D eigenvalue weighted by Crippen LogP contribution is -2.60. The highest BCUT2D eigenvalue weighted by atomic mass is 16.7. The highest BCUT2D eigenvalue weighted by Gasteiger charge is 2.44. The van der Waals surface area contributed by atoms with Gasteiger partial charge < -0.3 is 45.4 Å². The van der Waals surface area contributed by atoms with Crippen LogP contribution in [-0.2, 0) is 14.3 Å². The summed E-state index contributed by atoms with van der Waals surface area (Å²) in [5.41, 5.74) is 0. The second-order valence-electron chi connectivity index (χ2n) is 19.5. The zero-order valence-corrected chi connectivity index (χ0v) is 43.0. The van der Waals surface area contributed by atoms with Crippen LogP contribution in [0.15, 0.2) is 48.6 Å². The van der Waals surface area contributed by atoms with Gasteiger partial charge in [0, 0.05) is 0 Å². The molecule has 0 aromatic carbocycles. The van der Waals surface area contributed by atoms with Crippen molar-refractivity contribution in [3.8, 4) is 0 Å². The van der Waals surface area contributed by atoms with Crippen LogP contribution in [0.2, 0.25) is 0 Å². The molecule has 0 aromatic heterocycles. The van der Waals surface area contributed by atoms with Crippen LogP contribution in [0.1, 0.15) is 245 Å². The van der Waals surface area contributed by atoms with Crippen LogP contribution in [0.4, 0.5) is 0 Å². The smallest absolute Gasteiger partial charge is 0.249 e. The summed E-state index contributed by atoms with van der Waals surface area (Å²) in [4.78, 5) is 13.1. The number of hydrogen-bond donors (Lipinski definition) is 7. The largest absolute Gasteiger partial charge is 0.394 e. The first kappa shape index (κ1) is 63.1. The molecule has 0 aromatic rings. The molecule has 1 fully saturated rings. The fraction of sp³-hybridized carbons (Fsp3) is 0.842. The average molecular weight is 948 g/mol. The summed E-state index contributed by atoms with van der Waals surface area (Å²) in [5.74, 6) is -0.630. The quantitative estimate of drug-likeness (QED) is 0.0232. The number of carbonyl (C=O) groups is 1. The van der Waals surface area contributed by atoms with Gasteiger partial charge in [-0.3, -0.25) is 4.79 Å². The van der Waals surface area contributed by atoms with Crippen molar-refractivity contribution in [2.24, 2.45) is 0 Å². The first-order valence-electron chi connectivity index (χ1n) is 28.0. The zero-order chi connectivity index (χ0) is 48.8. The molecule has 392 valence electrons. The van der Waals surface area contributed by atoms with Crippen molar-refractivity contribution < 1.29 is 44.9 Å². The predicted molar refractivity (Wildman–Crippen MR) is 278 cm³/mol. The number of hydrogen-bond acceptors (Lipinski definition) is 9.